The van der Waals surface area contributed by atoms with Gasteiger partial charge in [0.1, 0.15) is 0 Å². The van der Waals surface area contributed by atoms with Crippen LogP contribution in [0, 0.1) is 5.41 Å². The van der Waals surface area contributed by atoms with Crippen molar-refractivity contribution >= 4 is 12.0 Å². The van der Waals surface area contributed by atoms with Crippen molar-refractivity contribution in [2.75, 3.05) is 6.54 Å². The number of allylic oxidation sites excluding steroid dienone is 2. The van der Waals surface area contributed by atoms with Crippen LogP contribution in [0.15, 0.2) is 17.1 Å². The molecule has 132 valence electrons. The largest absolute Gasteiger partial charge is 0.481 e. The number of carbonyl (C=O) groups is 1. The Balaban J connectivity index is 3.11. The minimum Gasteiger partial charge on any atom is -0.481 e. The number of nitrogens with one attached hydrogen (secondary N) is 1. The van der Waals surface area contributed by atoms with Crippen LogP contribution in [0.25, 0.3) is 0 Å². The molecule has 2 N–H and O–H groups in total. The molecule has 0 aliphatic carbocycles. The van der Waals surface area contributed by atoms with Crippen LogP contribution >= 0.6 is 0 Å². The van der Waals surface area contributed by atoms with Gasteiger partial charge in [0.2, 0.25) is 0 Å². The van der Waals surface area contributed by atoms with Crippen LogP contribution < -0.4 is 0 Å². The van der Waals surface area contributed by atoms with Crippen molar-refractivity contribution in [1.82, 2.24) is 0 Å². The van der Waals surface area contributed by atoms with Gasteiger partial charge in [0.25, 0.3) is 0 Å². The lowest BCUT2D eigenvalue weighted by Crippen LogP contribution is -1.93. The first-order valence-electron chi connectivity index (χ1n) is 9.22. The van der Waals surface area contributed by atoms with Crippen molar-refractivity contribution in [2.45, 2.75) is 89.9 Å². The van der Waals surface area contributed by atoms with Gasteiger partial charge in [-0.3, -0.25) is 4.79 Å². The van der Waals surface area contributed by atoms with E-state index in [-0.39, 0.29) is 0 Å². The lowest BCUT2D eigenvalue weighted by molar-refractivity contribution is -0.137. The highest BCUT2D eigenvalue weighted by molar-refractivity contribution is 5.66. The molecule has 0 saturated carbocycles. The fourth-order valence-electron chi connectivity index (χ4n) is 2.52. The summed E-state index contributed by atoms with van der Waals surface area (Å²) >= 11 is 0. The van der Waals surface area contributed by atoms with E-state index in [1.54, 1.807) is 0 Å². The van der Waals surface area contributed by atoms with Crippen LogP contribution in [-0.2, 0) is 4.79 Å². The monoisotopic (exact) mass is 322 g/mol. The van der Waals surface area contributed by atoms with Crippen LogP contribution in [0.1, 0.15) is 89.9 Å². The number of nitrogens with zero attached hydrogens (tertiary/aromatic N) is 1. The molecule has 0 spiro atoms. The van der Waals surface area contributed by atoms with Gasteiger partial charge in [-0.1, -0.05) is 57.1 Å². The second kappa shape index (κ2) is 18.6. The molecule has 0 radical (unpaired) electrons. The quantitative estimate of drug-likeness (QED) is 0.200. The Morgan fingerprint density at radius 2 is 1.30 bits per heavy atom. The van der Waals surface area contributed by atoms with E-state index in [1.165, 1.54) is 51.4 Å². The predicted molar refractivity (Wildman–Crippen MR) is 96.4 cm³/mol. The molecule has 0 aromatic heterocycles. The van der Waals surface area contributed by atoms with Crippen LogP contribution in [0.2, 0.25) is 0 Å². The number of carboxylic acids is 1. The fourth-order valence-corrected chi connectivity index (χ4v) is 2.52. The van der Waals surface area contributed by atoms with E-state index in [2.05, 4.69) is 23.2 Å². The smallest absolute Gasteiger partial charge is 0.303 e. The SMILES string of the molecule is N=C=NCCCCCCCC/C=C\CCCCCCCC(=O)O. The highest BCUT2D eigenvalue weighted by atomic mass is 16.4. The third-order valence-electron chi connectivity index (χ3n) is 3.90. The lowest BCUT2D eigenvalue weighted by atomic mass is 10.1. The lowest BCUT2D eigenvalue weighted by Gasteiger charge is -1.99. The van der Waals surface area contributed by atoms with Crippen molar-refractivity contribution in [3.05, 3.63) is 12.2 Å². The van der Waals surface area contributed by atoms with Crippen molar-refractivity contribution in [1.29, 1.82) is 5.41 Å². The maximum Gasteiger partial charge on any atom is 0.303 e. The first-order valence-corrected chi connectivity index (χ1v) is 9.22. The topological polar surface area (TPSA) is 73.5 Å². The van der Waals surface area contributed by atoms with Gasteiger partial charge in [0.15, 0.2) is 0 Å². The van der Waals surface area contributed by atoms with Crippen LogP contribution in [-0.4, -0.2) is 23.6 Å². The summed E-state index contributed by atoms with van der Waals surface area (Å²) in [5.41, 5.74) is 0. The van der Waals surface area contributed by atoms with E-state index in [0.717, 1.165) is 38.6 Å². The van der Waals surface area contributed by atoms with E-state index >= 15 is 0 Å². The summed E-state index contributed by atoms with van der Waals surface area (Å²) in [4.78, 5) is 14.1. The van der Waals surface area contributed by atoms with Gasteiger partial charge in [-0.05, 0) is 38.5 Å². The van der Waals surface area contributed by atoms with E-state index in [4.69, 9.17) is 10.5 Å². The molecule has 4 nitrogen and oxygen atoms in total. The molecule has 0 rings (SSSR count). The molecule has 0 fully saturated rings. The van der Waals surface area contributed by atoms with Gasteiger partial charge >= 0.3 is 5.97 Å². The molecule has 0 unspecified atom stereocenters. The number of hydrogen-bond acceptors (Lipinski definition) is 3. The molecule has 0 amide bonds. The average molecular weight is 322 g/mol. The zero-order valence-electron chi connectivity index (χ0n) is 14.6. The highest BCUT2D eigenvalue weighted by Crippen LogP contribution is 2.10. The van der Waals surface area contributed by atoms with Crippen molar-refractivity contribution in [2.24, 2.45) is 4.99 Å². The molecule has 0 aliphatic rings. The van der Waals surface area contributed by atoms with Crippen molar-refractivity contribution in [3.8, 4) is 0 Å². The second-order valence-corrected chi connectivity index (χ2v) is 6.08. The van der Waals surface area contributed by atoms with E-state index in [1.807, 2.05) is 0 Å². The Hall–Kier alpha value is -1.41. The van der Waals surface area contributed by atoms with Gasteiger partial charge in [-0.15, -0.1) is 0 Å². The van der Waals surface area contributed by atoms with Gasteiger partial charge < -0.3 is 5.11 Å². The molecule has 0 saturated heterocycles. The van der Waals surface area contributed by atoms with Crippen LogP contribution in [0.3, 0.4) is 0 Å². The van der Waals surface area contributed by atoms with Gasteiger partial charge in [0.05, 0.1) is 6.01 Å². The molecule has 0 aromatic rings. The number of carboxylic acid groups (broad SMARTS) is 1. The Bertz CT molecular complexity index is 347. The van der Waals surface area contributed by atoms with Crippen LogP contribution in [0.4, 0.5) is 0 Å². The predicted octanol–water partition coefficient (Wildman–Crippen LogP) is 5.84. The van der Waals surface area contributed by atoms with E-state index in [9.17, 15) is 4.79 Å². The Kier molecular flexibility index (Phi) is 17.5. The summed E-state index contributed by atoms with van der Waals surface area (Å²) in [6.45, 7) is 0.756. The standard InChI is InChI=1S/C19H34N2O2/c20-18-21-17-15-13-11-9-7-5-3-1-2-4-6-8-10-12-14-16-19(22)23/h1-2,20H,3-17H2,(H,22,23)/b2-1-. The summed E-state index contributed by atoms with van der Waals surface area (Å²) in [7, 11) is 0. The number of aliphatic imine (C=N–C) groups is 1. The summed E-state index contributed by atoms with van der Waals surface area (Å²) in [5.74, 6) is -0.676. The second-order valence-electron chi connectivity index (χ2n) is 6.08. The third-order valence-corrected chi connectivity index (χ3v) is 3.90. The molecule has 0 aliphatic heterocycles. The van der Waals surface area contributed by atoms with E-state index < -0.39 is 5.97 Å². The Morgan fingerprint density at radius 1 is 0.826 bits per heavy atom. The van der Waals surface area contributed by atoms with Crippen molar-refractivity contribution < 1.29 is 9.90 Å². The first-order chi connectivity index (χ1) is 11.3. The molecular formula is C19H34N2O2. The van der Waals surface area contributed by atoms with Gasteiger partial charge in [0, 0.05) is 13.0 Å². The Morgan fingerprint density at radius 3 is 1.83 bits per heavy atom. The molecular weight excluding hydrogens is 288 g/mol. The molecule has 0 aromatic carbocycles. The molecule has 0 heterocycles. The zero-order chi connectivity index (χ0) is 17.0. The normalized spacial score (nSPS) is 10.8. The Labute approximate surface area is 141 Å². The van der Waals surface area contributed by atoms with Gasteiger partial charge in [-0.2, -0.15) is 0 Å². The number of aliphatic carboxylic acids is 1. The molecule has 4 heteroatoms. The zero-order valence-corrected chi connectivity index (χ0v) is 14.6. The number of hydrogen-bond donors (Lipinski definition) is 2. The number of unbranched alkanes of at least 4 members (excludes halogenated alkanes) is 11. The minimum absolute atomic E-state index is 0.317. The maximum absolute atomic E-state index is 10.3. The molecule has 23 heavy (non-hydrogen) atoms. The summed E-state index contributed by atoms with van der Waals surface area (Å²) in [6.07, 6.45) is 20.2. The maximum atomic E-state index is 10.3. The average Bonchev–Trinajstić information content (AvgIpc) is 2.53. The summed E-state index contributed by atoms with van der Waals surface area (Å²) in [5, 5.41) is 15.2. The summed E-state index contributed by atoms with van der Waals surface area (Å²) < 4.78 is 0. The fraction of sp³-hybridized carbons (Fsp3) is 0.789. The summed E-state index contributed by atoms with van der Waals surface area (Å²) in [6, 6.07) is 2.07. The third kappa shape index (κ3) is 20.6. The highest BCUT2D eigenvalue weighted by Gasteiger charge is 1.95. The minimum atomic E-state index is -0.676. The molecule has 0 atom stereocenters. The van der Waals surface area contributed by atoms with Gasteiger partial charge in [-0.25, -0.2) is 10.4 Å². The first kappa shape index (κ1) is 21.6. The number of rotatable bonds is 17. The van der Waals surface area contributed by atoms with Crippen LogP contribution in [0.5, 0.6) is 0 Å². The van der Waals surface area contributed by atoms with Crippen molar-refractivity contribution in [3.63, 3.8) is 0 Å². The van der Waals surface area contributed by atoms with E-state index in [0.29, 0.717) is 6.42 Å². The molecule has 0 bridgehead atoms.